The van der Waals surface area contributed by atoms with Crippen LogP contribution in [0.4, 0.5) is 11.4 Å². The Balaban J connectivity index is 1.83. The minimum atomic E-state index is -0.647. The average Bonchev–Trinajstić information content (AvgIpc) is 2.84. The van der Waals surface area contributed by atoms with Gasteiger partial charge in [-0.05, 0) is 50.1 Å². The molecule has 2 aromatic rings. The van der Waals surface area contributed by atoms with Gasteiger partial charge in [-0.3, -0.25) is 10.1 Å². The first-order valence-electron chi connectivity index (χ1n) is 9.00. The summed E-state index contributed by atoms with van der Waals surface area (Å²) in [4.78, 5) is 13.1. The molecule has 0 amide bonds. The highest BCUT2D eigenvalue weighted by Gasteiger charge is 2.58. The van der Waals surface area contributed by atoms with Crippen LogP contribution in [0.15, 0.2) is 48.5 Å². The number of hydrogen-bond acceptors (Lipinski definition) is 4. The van der Waals surface area contributed by atoms with E-state index >= 15 is 0 Å². The lowest BCUT2D eigenvalue weighted by molar-refractivity contribution is -0.384. The second-order valence-corrected chi connectivity index (χ2v) is 8.53. The number of nitro groups is 1. The van der Waals surface area contributed by atoms with E-state index in [0.29, 0.717) is 5.75 Å². The zero-order valence-corrected chi connectivity index (χ0v) is 17.5. The molecule has 0 radical (unpaired) electrons. The Morgan fingerprint density at radius 1 is 1.22 bits per heavy atom. The van der Waals surface area contributed by atoms with Crippen molar-refractivity contribution in [1.82, 2.24) is 0 Å². The number of non-ortho nitro benzene ring substituents is 1. The summed E-state index contributed by atoms with van der Waals surface area (Å²) < 4.78 is 7.71. The molecular formula is C21H21IN2O3. The van der Waals surface area contributed by atoms with Crippen LogP contribution in [-0.2, 0) is 5.41 Å². The zero-order chi connectivity index (χ0) is 19.2. The van der Waals surface area contributed by atoms with E-state index in [-0.39, 0.29) is 16.0 Å². The summed E-state index contributed by atoms with van der Waals surface area (Å²) >= 11 is 2.40. The fourth-order valence-corrected chi connectivity index (χ4v) is 4.55. The van der Waals surface area contributed by atoms with Crippen molar-refractivity contribution in [3.63, 3.8) is 0 Å². The molecule has 140 valence electrons. The van der Waals surface area contributed by atoms with E-state index in [1.165, 1.54) is 17.3 Å². The third kappa shape index (κ3) is 2.64. The maximum atomic E-state index is 11.1. The number of fused-ring (bicyclic) bond motifs is 2. The Labute approximate surface area is 172 Å². The minimum absolute atomic E-state index is 0.0775. The molecule has 0 saturated heterocycles. The summed E-state index contributed by atoms with van der Waals surface area (Å²) in [6.45, 7) is 5.29. The molecule has 2 heterocycles. The van der Waals surface area contributed by atoms with Gasteiger partial charge < -0.3 is 9.64 Å². The van der Waals surface area contributed by atoms with Crippen molar-refractivity contribution in [1.29, 1.82) is 0 Å². The third-order valence-corrected chi connectivity index (χ3v) is 6.40. The van der Waals surface area contributed by atoms with Gasteiger partial charge in [0.25, 0.3) is 5.69 Å². The molecule has 0 N–H and O–H groups in total. The lowest BCUT2D eigenvalue weighted by Gasteiger charge is -2.47. The number of alkyl halides is 1. The second kappa shape index (κ2) is 6.51. The molecule has 0 saturated carbocycles. The Hall–Kier alpha value is -2.09. The van der Waals surface area contributed by atoms with E-state index in [4.69, 9.17) is 4.74 Å². The van der Waals surface area contributed by atoms with Crippen molar-refractivity contribution in [2.75, 3.05) is 15.9 Å². The largest absolute Gasteiger partial charge is 0.463 e. The molecule has 1 atom stereocenters. The summed E-state index contributed by atoms with van der Waals surface area (Å²) in [5, 5.41) is 11.1. The van der Waals surface area contributed by atoms with Crippen molar-refractivity contribution in [3.8, 4) is 5.75 Å². The first-order chi connectivity index (χ1) is 12.9. The van der Waals surface area contributed by atoms with Gasteiger partial charge in [0.1, 0.15) is 5.75 Å². The number of nitro benzene ring substituents is 1. The van der Waals surface area contributed by atoms with Gasteiger partial charge in [0.05, 0.1) is 10.3 Å². The van der Waals surface area contributed by atoms with Crippen molar-refractivity contribution in [2.24, 2.45) is 0 Å². The van der Waals surface area contributed by atoms with Crippen LogP contribution in [-0.4, -0.2) is 21.6 Å². The van der Waals surface area contributed by atoms with E-state index in [1.807, 2.05) is 6.08 Å². The predicted octanol–water partition coefficient (Wildman–Crippen LogP) is 5.32. The van der Waals surface area contributed by atoms with E-state index in [1.54, 1.807) is 12.1 Å². The molecule has 2 aromatic carbocycles. The first-order valence-corrected chi connectivity index (χ1v) is 10.5. The van der Waals surface area contributed by atoms with Crippen LogP contribution >= 0.6 is 22.6 Å². The Kier molecular flexibility index (Phi) is 4.41. The van der Waals surface area contributed by atoms with Crippen LogP contribution in [0.1, 0.15) is 31.4 Å². The molecule has 0 aromatic heterocycles. The van der Waals surface area contributed by atoms with E-state index in [9.17, 15) is 10.1 Å². The fourth-order valence-electron chi connectivity index (χ4n) is 4.21. The number of hydrogen-bond donors (Lipinski definition) is 0. The van der Waals surface area contributed by atoms with Crippen molar-refractivity contribution >= 4 is 40.0 Å². The summed E-state index contributed by atoms with van der Waals surface area (Å²) in [6, 6.07) is 13.3. The first kappa shape index (κ1) is 18.3. The number of nitrogens with zero attached hydrogens (tertiary/aromatic N) is 2. The molecule has 5 nitrogen and oxygen atoms in total. The third-order valence-electron chi connectivity index (χ3n) is 5.64. The monoisotopic (exact) mass is 476 g/mol. The molecule has 2 aliphatic rings. The predicted molar refractivity (Wildman–Crippen MR) is 116 cm³/mol. The lowest BCUT2D eigenvalue weighted by Crippen LogP contribution is -2.59. The Morgan fingerprint density at radius 2 is 2.00 bits per heavy atom. The maximum absolute atomic E-state index is 11.1. The molecule has 4 rings (SSSR count). The molecule has 0 bridgehead atoms. The number of rotatable bonds is 4. The van der Waals surface area contributed by atoms with Crippen LogP contribution in [0.25, 0.3) is 6.08 Å². The standard InChI is InChI=1S/C21H21IN2O3/c1-20(2)17-6-3-4-7-18(17)23(13-5-12-22)21(20)11-10-15-14-16(24(25)26)8-9-19(15)27-21/h3-4,6-11,14H,5,12-13H2,1-2H3. The second-order valence-electron chi connectivity index (χ2n) is 7.45. The zero-order valence-electron chi connectivity index (χ0n) is 15.3. The highest BCUT2D eigenvalue weighted by Crippen LogP contribution is 2.55. The van der Waals surface area contributed by atoms with Gasteiger partial charge in [0, 0.05) is 34.4 Å². The van der Waals surface area contributed by atoms with Crippen LogP contribution in [0, 0.1) is 10.1 Å². The summed E-state index contributed by atoms with van der Waals surface area (Å²) in [5.74, 6) is 0.684. The van der Waals surface area contributed by atoms with Crippen molar-refractivity contribution in [2.45, 2.75) is 31.4 Å². The van der Waals surface area contributed by atoms with Crippen LogP contribution in [0.5, 0.6) is 5.75 Å². The molecule has 1 spiro atoms. The topological polar surface area (TPSA) is 55.6 Å². The van der Waals surface area contributed by atoms with Gasteiger partial charge >= 0.3 is 0 Å². The lowest BCUT2D eigenvalue weighted by atomic mass is 9.76. The van der Waals surface area contributed by atoms with Gasteiger partial charge in [0.15, 0.2) is 0 Å². The van der Waals surface area contributed by atoms with Gasteiger partial charge in [-0.25, -0.2) is 0 Å². The van der Waals surface area contributed by atoms with E-state index in [2.05, 4.69) is 71.7 Å². The quantitative estimate of drug-likeness (QED) is 0.260. The van der Waals surface area contributed by atoms with E-state index < -0.39 is 5.72 Å². The van der Waals surface area contributed by atoms with Crippen molar-refractivity contribution < 1.29 is 9.66 Å². The summed E-state index contributed by atoms with van der Waals surface area (Å²) in [5.41, 5.74) is 2.36. The Morgan fingerprint density at radius 3 is 2.74 bits per heavy atom. The fraction of sp³-hybridized carbons (Fsp3) is 0.333. The van der Waals surface area contributed by atoms with Crippen molar-refractivity contribution in [3.05, 3.63) is 69.8 Å². The number of benzene rings is 2. The minimum Gasteiger partial charge on any atom is -0.463 e. The average molecular weight is 476 g/mol. The SMILES string of the molecule is CC1(C)c2ccccc2N(CCCI)C12C=Cc1cc([N+](=O)[O-])ccc1O2. The summed E-state index contributed by atoms with van der Waals surface area (Å²) in [6.07, 6.45) is 5.10. The Bertz CT molecular complexity index is 941. The van der Waals surface area contributed by atoms with E-state index in [0.717, 1.165) is 23.0 Å². The van der Waals surface area contributed by atoms with Gasteiger partial charge in [-0.15, -0.1) is 0 Å². The molecule has 0 aliphatic carbocycles. The molecule has 2 aliphatic heterocycles. The number of ether oxygens (including phenoxy) is 1. The highest BCUT2D eigenvalue weighted by atomic mass is 127. The molecular weight excluding hydrogens is 455 g/mol. The summed E-state index contributed by atoms with van der Waals surface area (Å²) in [7, 11) is 0. The number of anilines is 1. The van der Waals surface area contributed by atoms with Crippen LogP contribution in [0.3, 0.4) is 0 Å². The van der Waals surface area contributed by atoms with Gasteiger partial charge in [-0.2, -0.15) is 0 Å². The maximum Gasteiger partial charge on any atom is 0.270 e. The number of halogens is 1. The van der Waals surface area contributed by atoms with Gasteiger partial charge in [0.2, 0.25) is 5.72 Å². The smallest absolute Gasteiger partial charge is 0.270 e. The molecule has 6 heteroatoms. The van der Waals surface area contributed by atoms with Gasteiger partial charge in [-0.1, -0.05) is 40.8 Å². The molecule has 1 unspecified atom stereocenters. The van der Waals surface area contributed by atoms with Crippen LogP contribution < -0.4 is 9.64 Å². The molecule has 0 fully saturated rings. The highest BCUT2D eigenvalue weighted by molar-refractivity contribution is 14.1. The normalized spacial score (nSPS) is 21.7. The molecule has 27 heavy (non-hydrogen) atoms. The van der Waals surface area contributed by atoms with Crippen LogP contribution in [0.2, 0.25) is 0 Å². The number of para-hydroxylation sites is 1.